The van der Waals surface area contributed by atoms with Crippen LogP contribution in [-0.2, 0) is 0 Å². The van der Waals surface area contributed by atoms with Crippen molar-refractivity contribution in [1.82, 2.24) is 9.97 Å². The van der Waals surface area contributed by atoms with E-state index in [2.05, 4.69) is 31.2 Å². The van der Waals surface area contributed by atoms with Crippen LogP contribution in [0.2, 0.25) is 5.28 Å². The van der Waals surface area contributed by atoms with Gasteiger partial charge in [0.05, 0.1) is 4.47 Å². The molecular formula is C11H8BrClFN3. The van der Waals surface area contributed by atoms with E-state index >= 15 is 0 Å². The van der Waals surface area contributed by atoms with Crippen molar-refractivity contribution in [2.24, 2.45) is 0 Å². The van der Waals surface area contributed by atoms with E-state index in [1.54, 1.807) is 0 Å². The fraction of sp³-hybridized carbons (Fsp3) is 0.0909. The van der Waals surface area contributed by atoms with Crippen LogP contribution in [0.25, 0.3) is 0 Å². The van der Waals surface area contributed by atoms with Gasteiger partial charge in [0.15, 0.2) is 0 Å². The first-order valence-electron chi connectivity index (χ1n) is 4.77. The summed E-state index contributed by atoms with van der Waals surface area (Å²) in [6, 6.07) is 4.65. The summed E-state index contributed by atoms with van der Waals surface area (Å²) in [5.74, 6) is 0.193. The molecule has 1 heterocycles. The Morgan fingerprint density at radius 2 is 2.12 bits per heavy atom. The molecule has 2 aromatic rings. The van der Waals surface area contributed by atoms with Gasteiger partial charge in [-0.3, -0.25) is 0 Å². The molecule has 88 valence electrons. The van der Waals surface area contributed by atoms with Crippen molar-refractivity contribution in [1.29, 1.82) is 0 Å². The van der Waals surface area contributed by atoms with E-state index in [0.717, 1.165) is 5.56 Å². The van der Waals surface area contributed by atoms with Gasteiger partial charge in [0.2, 0.25) is 5.28 Å². The fourth-order valence-electron chi connectivity index (χ4n) is 1.38. The van der Waals surface area contributed by atoms with Gasteiger partial charge in [-0.1, -0.05) is 0 Å². The molecule has 0 fully saturated rings. The number of rotatable bonds is 2. The number of anilines is 2. The van der Waals surface area contributed by atoms with E-state index < -0.39 is 0 Å². The highest BCUT2D eigenvalue weighted by molar-refractivity contribution is 9.10. The summed E-state index contributed by atoms with van der Waals surface area (Å²) in [6.45, 7) is 1.82. The number of hydrogen-bond donors (Lipinski definition) is 1. The van der Waals surface area contributed by atoms with Crippen LogP contribution >= 0.6 is 27.5 Å². The van der Waals surface area contributed by atoms with E-state index in [1.165, 1.54) is 18.3 Å². The average Bonchev–Trinajstić information content (AvgIpc) is 2.22. The highest BCUT2D eigenvalue weighted by atomic mass is 79.9. The molecule has 0 saturated heterocycles. The lowest BCUT2D eigenvalue weighted by Gasteiger charge is -2.08. The maximum atomic E-state index is 13.2. The van der Waals surface area contributed by atoms with Crippen molar-refractivity contribution in [3.8, 4) is 0 Å². The molecule has 1 aromatic carbocycles. The third-order valence-corrected chi connectivity index (χ3v) is 2.78. The molecule has 0 atom stereocenters. The van der Waals surface area contributed by atoms with Crippen molar-refractivity contribution in [2.45, 2.75) is 6.92 Å². The summed E-state index contributed by atoms with van der Waals surface area (Å²) in [5.41, 5.74) is 1.43. The minimum absolute atomic E-state index is 0.129. The molecule has 0 radical (unpaired) electrons. The second-order valence-corrected chi connectivity index (χ2v) is 4.67. The van der Waals surface area contributed by atoms with E-state index in [9.17, 15) is 4.39 Å². The molecule has 0 spiro atoms. The van der Waals surface area contributed by atoms with E-state index in [0.29, 0.717) is 16.0 Å². The highest BCUT2D eigenvalue weighted by Crippen LogP contribution is 2.25. The first-order chi connectivity index (χ1) is 8.04. The highest BCUT2D eigenvalue weighted by Gasteiger charge is 2.05. The van der Waals surface area contributed by atoms with Gasteiger partial charge in [0, 0.05) is 11.9 Å². The van der Waals surface area contributed by atoms with Gasteiger partial charge in [-0.25, -0.2) is 9.37 Å². The SMILES string of the molecule is Cc1cc(F)cc(Nc2nc(Cl)ncc2Br)c1. The summed E-state index contributed by atoms with van der Waals surface area (Å²) in [4.78, 5) is 7.81. The monoisotopic (exact) mass is 315 g/mol. The average molecular weight is 317 g/mol. The van der Waals surface area contributed by atoms with Crippen LogP contribution in [0.4, 0.5) is 15.9 Å². The second kappa shape index (κ2) is 4.98. The molecular weight excluding hydrogens is 308 g/mol. The first kappa shape index (κ1) is 12.3. The molecule has 1 N–H and O–H groups in total. The lowest BCUT2D eigenvalue weighted by Crippen LogP contribution is -1.97. The number of aryl methyl sites for hydroxylation is 1. The topological polar surface area (TPSA) is 37.8 Å². The molecule has 0 saturated carbocycles. The van der Waals surface area contributed by atoms with E-state index in [-0.39, 0.29) is 11.1 Å². The molecule has 0 amide bonds. The second-order valence-electron chi connectivity index (χ2n) is 3.48. The minimum Gasteiger partial charge on any atom is -0.339 e. The third-order valence-electron chi connectivity index (χ3n) is 2.02. The largest absolute Gasteiger partial charge is 0.339 e. The number of nitrogens with one attached hydrogen (secondary N) is 1. The Labute approximate surface area is 111 Å². The Balaban J connectivity index is 2.34. The van der Waals surface area contributed by atoms with Crippen LogP contribution in [0, 0.1) is 12.7 Å². The molecule has 17 heavy (non-hydrogen) atoms. The molecule has 0 aliphatic carbocycles. The van der Waals surface area contributed by atoms with Crippen LogP contribution in [-0.4, -0.2) is 9.97 Å². The van der Waals surface area contributed by atoms with Crippen molar-refractivity contribution in [3.05, 3.63) is 45.5 Å². The molecule has 0 unspecified atom stereocenters. The molecule has 0 bridgehead atoms. The summed E-state index contributed by atoms with van der Waals surface area (Å²) in [7, 11) is 0. The predicted molar refractivity (Wildman–Crippen MR) is 69.2 cm³/mol. The van der Waals surface area contributed by atoms with Crippen molar-refractivity contribution >= 4 is 39.0 Å². The number of hydrogen-bond acceptors (Lipinski definition) is 3. The van der Waals surface area contributed by atoms with Gasteiger partial charge in [-0.05, 0) is 58.2 Å². The zero-order valence-electron chi connectivity index (χ0n) is 8.84. The van der Waals surface area contributed by atoms with Crippen molar-refractivity contribution in [2.75, 3.05) is 5.32 Å². The molecule has 2 rings (SSSR count). The quantitative estimate of drug-likeness (QED) is 0.848. The van der Waals surface area contributed by atoms with Crippen molar-refractivity contribution in [3.63, 3.8) is 0 Å². The van der Waals surface area contributed by atoms with Crippen LogP contribution < -0.4 is 5.32 Å². The minimum atomic E-state index is -0.302. The molecule has 3 nitrogen and oxygen atoms in total. The zero-order valence-corrected chi connectivity index (χ0v) is 11.2. The Bertz CT molecular complexity index is 542. The molecule has 0 aliphatic heterocycles. The Morgan fingerprint density at radius 3 is 2.82 bits per heavy atom. The Morgan fingerprint density at radius 1 is 1.35 bits per heavy atom. The lowest BCUT2D eigenvalue weighted by molar-refractivity contribution is 0.627. The molecule has 0 aliphatic rings. The normalized spacial score (nSPS) is 10.4. The first-order valence-corrected chi connectivity index (χ1v) is 5.94. The predicted octanol–water partition coefficient (Wildman–Crippen LogP) is 4.08. The van der Waals surface area contributed by atoms with Gasteiger partial charge < -0.3 is 5.32 Å². The van der Waals surface area contributed by atoms with E-state index in [1.807, 2.05) is 13.0 Å². The van der Waals surface area contributed by atoms with Crippen LogP contribution in [0.3, 0.4) is 0 Å². The van der Waals surface area contributed by atoms with Crippen LogP contribution in [0.5, 0.6) is 0 Å². The smallest absolute Gasteiger partial charge is 0.224 e. The molecule has 1 aromatic heterocycles. The van der Waals surface area contributed by atoms with Gasteiger partial charge >= 0.3 is 0 Å². The third kappa shape index (κ3) is 3.14. The number of benzene rings is 1. The Kier molecular flexibility index (Phi) is 3.59. The summed E-state index contributed by atoms with van der Waals surface area (Å²) in [6.07, 6.45) is 1.53. The molecule has 6 heteroatoms. The lowest BCUT2D eigenvalue weighted by atomic mass is 10.2. The summed E-state index contributed by atoms with van der Waals surface area (Å²) >= 11 is 8.97. The zero-order chi connectivity index (χ0) is 12.4. The fourth-order valence-corrected chi connectivity index (χ4v) is 1.80. The van der Waals surface area contributed by atoms with E-state index in [4.69, 9.17) is 11.6 Å². The number of aromatic nitrogens is 2. The van der Waals surface area contributed by atoms with Crippen LogP contribution in [0.1, 0.15) is 5.56 Å². The summed E-state index contributed by atoms with van der Waals surface area (Å²) < 4.78 is 13.9. The van der Waals surface area contributed by atoms with Gasteiger partial charge in [0.25, 0.3) is 0 Å². The number of nitrogens with zero attached hydrogens (tertiary/aromatic N) is 2. The maximum Gasteiger partial charge on any atom is 0.224 e. The van der Waals surface area contributed by atoms with Crippen LogP contribution in [0.15, 0.2) is 28.9 Å². The van der Waals surface area contributed by atoms with Gasteiger partial charge in [-0.15, -0.1) is 0 Å². The van der Waals surface area contributed by atoms with Crippen molar-refractivity contribution < 1.29 is 4.39 Å². The van der Waals surface area contributed by atoms with Gasteiger partial charge in [-0.2, -0.15) is 4.98 Å². The maximum absolute atomic E-state index is 13.2. The Hall–Kier alpha value is -1.20. The number of halogens is 3. The summed E-state index contributed by atoms with van der Waals surface area (Å²) in [5, 5.41) is 3.10. The standard InChI is InChI=1S/C11H8BrClFN3/c1-6-2-7(14)4-8(3-6)16-10-9(12)5-15-11(13)17-10/h2-5H,1H3,(H,15,16,17). The van der Waals surface area contributed by atoms with Gasteiger partial charge in [0.1, 0.15) is 11.6 Å².